The van der Waals surface area contributed by atoms with Gasteiger partial charge in [0.05, 0.1) is 12.8 Å². The van der Waals surface area contributed by atoms with E-state index in [-0.39, 0.29) is 11.7 Å². The number of aryl methyl sites for hydroxylation is 4. The molecule has 1 aliphatic heterocycles. The molecule has 1 saturated heterocycles. The van der Waals surface area contributed by atoms with Crippen molar-refractivity contribution >= 4 is 5.78 Å². The standard InChI is InChI=1S/C23H33N3O2/c1-7-26-18(5)21(17(4)24-26)14-25-10-8-9-19(13-25)22(27)20-11-15(2)23(28-6)16(3)12-20/h11-12,19H,7-10,13-14H2,1-6H3/t19-/m1/s1. The van der Waals surface area contributed by atoms with Crippen LogP contribution in [-0.2, 0) is 13.1 Å². The zero-order chi connectivity index (χ0) is 20.4. The van der Waals surface area contributed by atoms with E-state index in [0.717, 1.165) is 67.2 Å². The third-order valence-corrected chi connectivity index (χ3v) is 6.04. The van der Waals surface area contributed by atoms with Crippen LogP contribution in [0, 0.1) is 33.6 Å². The first-order valence-electron chi connectivity index (χ1n) is 10.3. The van der Waals surface area contributed by atoms with Gasteiger partial charge in [0.15, 0.2) is 5.78 Å². The Morgan fingerprint density at radius 1 is 1.21 bits per heavy atom. The largest absolute Gasteiger partial charge is 0.496 e. The summed E-state index contributed by atoms with van der Waals surface area (Å²) in [6, 6.07) is 3.96. The maximum Gasteiger partial charge on any atom is 0.167 e. The number of hydrogen-bond donors (Lipinski definition) is 0. The predicted octanol–water partition coefficient (Wildman–Crippen LogP) is 4.24. The molecule has 5 heteroatoms. The maximum absolute atomic E-state index is 13.2. The van der Waals surface area contributed by atoms with Gasteiger partial charge in [0.1, 0.15) is 5.75 Å². The zero-order valence-electron chi connectivity index (χ0n) is 18.1. The summed E-state index contributed by atoms with van der Waals surface area (Å²) < 4.78 is 7.52. The smallest absolute Gasteiger partial charge is 0.167 e. The van der Waals surface area contributed by atoms with Gasteiger partial charge in [-0.1, -0.05) is 0 Å². The van der Waals surface area contributed by atoms with E-state index in [1.54, 1.807) is 7.11 Å². The van der Waals surface area contributed by atoms with Crippen LogP contribution in [0.3, 0.4) is 0 Å². The van der Waals surface area contributed by atoms with E-state index in [2.05, 4.69) is 35.5 Å². The van der Waals surface area contributed by atoms with Gasteiger partial charge >= 0.3 is 0 Å². The number of Topliss-reactive ketones (excluding diaryl/α,β-unsaturated/α-hetero) is 1. The summed E-state index contributed by atoms with van der Waals surface area (Å²) in [5, 5.41) is 4.64. The van der Waals surface area contributed by atoms with Gasteiger partial charge in [0, 0.05) is 42.4 Å². The highest BCUT2D eigenvalue weighted by Gasteiger charge is 2.28. The second-order valence-electron chi connectivity index (χ2n) is 8.05. The minimum absolute atomic E-state index is 0.0581. The molecular weight excluding hydrogens is 350 g/mol. The molecule has 1 aromatic heterocycles. The Balaban J connectivity index is 1.75. The number of ketones is 1. The Labute approximate surface area is 168 Å². The second-order valence-corrected chi connectivity index (χ2v) is 8.05. The molecule has 5 nitrogen and oxygen atoms in total. The van der Waals surface area contributed by atoms with E-state index >= 15 is 0 Å². The quantitative estimate of drug-likeness (QED) is 0.700. The van der Waals surface area contributed by atoms with Crippen LogP contribution < -0.4 is 4.74 Å². The minimum Gasteiger partial charge on any atom is -0.496 e. The van der Waals surface area contributed by atoms with Gasteiger partial charge in [-0.2, -0.15) is 5.10 Å². The number of methoxy groups -OCH3 is 1. The second kappa shape index (κ2) is 8.48. The molecule has 1 aliphatic rings. The lowest BCUT2D eigenvalue weighted by atomic mass is 9.88. The number of nitrogens with zero attached hydrogens (tertiary/aromatic N) is 3. The molecule has 0 N–H and O–H groups in total. The Hall–Kier alpha value is -2.14. The number of rotatable bonds is 6. The van der Waals surface area contributed by atoms with Crippen molar-refractivity contribution in [1.29, 1.82) is 0 Å². The molecule has 0 amide bonds. The molecule has 1 atom stereocenters. The van der Waals surface area contributed by atoms with Crippen LogP contribution in [0.1, 0.15) is 58.2 Å². The van der Waals surface area contributed by atoms with E-state index in [4.69, 9.17) is 4.74 Å². The first kappa shape index (κ1) is 20.6. The van der Waals surface area contributed by atoms with Crippen LogP contribution in [0.4, 0.5) is 0 Å². The van der Waals surface area contributed by atoms with Crippen LogP contribution in [-0.4, -0.2) is 40.7 Å². The fourth-order valence-corrected chi connectivity index (χ4v) is 4.56. The minimum atomic E-state index is 0.0581. The highest BCUT2D eigenvalue weighted by Crippen LogP contribution is 2.28. The third kappa shape index (κ3) is 4.00. The van der Waals surface area contributed by atoms with Crippen molar-refractivity contribution in [2.45, 2.75) is 60.5 Å². The number of carbonyl (C=O) groups excluding carboxylic acids is 1. The Bertz CT molecular complexity index is 846. The van der Waals surface area contributed by atoms with Gasteiger partial charge in [-0.25, -0.2) is 0 Å². The molecule has 0 saturated carbocycles. The fraction of sp³-hybridized carbons (Fsp3) is 0.565. The maximum atomic E-state index is 13.2. The van der Waals surface area contributed by atoms with E-state index in [1.807, 2.05) is 26.0 Å². The van der Waals surface area contributed by atoms with Gasteiger partial charge in [-0.3, -0.25) is 14.4 Å². The van der Waals surface area contributed by atoms with Crippen molar-refractivity contribution in [1.82, 2.24) is 14.7 Å². The Kier molecular flexibility index (Phi) is 6.23. The van der Waals surface area contributed by atoms with Crippen LogP contribution in [0.15, 0.2) is 12.1 Å². The summed E-state index contributed by atoms with van der Waals surface area (Å²) >= 11 is 0. The molecule has 28 heavy (non-hydrogen) atoms. The lowest BCUT2D eigenvalue weighted by Crippen LogP contribution is -2.38. The molecule has 0 radical (unpaired) electrons. The average Bonchev–Trinajstić information content (AvgIpc) is 2.95. The molecule has 0 aliphatic carbocycles. The summed E-state index contributed by atoms with van der Waals surface area (Å²) in [5.41, 5.74) is 6.53. The van der Waals surface area contributed by atoms with Crippen molar-refractivity contribution in [3.05, 3.63) is 45.8 Å². The SMILES string of the molecule is CCn1nc(C)c(CN2CCC[C@@H](C(=O)c3cc(C)c(OC)c(C)c3)C2)c1C. The lowest BCUT2D eigenvalue weighted by Gasteiger charge is -2.32. The van der Waals surface area contributed by atoms with Crippen molar-refractivity contribution in [2.75, 3.05) is 20.2 Å². The topological polar surface area (TPSA) is 47.4 Å². The van der Waals surface area contributed by atoms with E-state index < -0.39 is 0 Å². The van der Waals surface area contributed by atoms with Gasteiger partial charge < -0.3 is 4.74 Å². The van der Waals surface area contributed by atoms with Crippen molar-refractivity contribution in [2.24, 2.45) is 5.92 Å². The van der Waals surface area contributed by atoms with Gasteiger partial charge in [0.2, 0.25) is 0 Å². The third-order valence-electron chi connectivity index (χ3n) is 6.04. The van der Waals surface area contributed by atoms with Crippen LogP contribution in [0.25, 0.3) is 0 Å². The number of hydrogen-bond acceptors (Lipinski definition) is 4. The monoisotopic (exact) mass is 383 g/mol. The van der Waals surface area contributed by atoms with Crippen LogP contribution >= 0.6 is 0 Å². The molecular formula is C23H33N3O2. The van der Waals surface area contributed by atoms with Crippen molar-refractivity contribution in [3.63, 3.8) is 0 Å². The molecule has 152 valence electrons. The number of ether oxygens (including phenoxy) is 1. The highest BCUT2D eigenvalue weighted by atomic mass is 16.5. The summed E-state index contributed by atoms with van der Waals surface area (Å²) in [6.45, 7) is 14.0. The number of aromatic nitrogens is 2. The first-order valence-corrected chi connectivity index (χ1v) is 10.3. The molecule has 2 aromatic rings. The van der Waals surface area contributed by atoms with E-state index in [9.17, 15) is 4.79 Å². The normalized spacial score (nSPS) is 17.7. The average molecular weight is 384 g/mol. The number of piperidine rings is 1. The van der Waals surface area contributed by atoms with E-state index in [1.165, 1.54) is 11.3 Å². The van der Waals surface area contributed by atoms with Crippen molar-refractivity contribution < 1.29 is 9.53 Å². The summed E-state index contributed by atoms with van der Waals surface area (Å²) in [4.78, 5) is 15.6. The highest BCUT2D eigenvalue weighted by molar-refractivity contribution is 5.98. The molecule has 2 heterocycles. The first-order chi connectivity index (χ1) is 13.3. The lowest BCUT2D eigenvalue weighted by molar-refractivity contribution is 0.0811. The predicted molar refractivity (Wildman–Crippen MR) is 112 cm³/mol. The summed E-state index contributed by atoms with van der Waals surface area (Å²) in [6.07, 6.45) is 2.02. The van der Waals surface area contributed by atoms with E-state index in [0.29, 0.717) is 0 Å². The Morgan fingerprint density at radius 2 is 1.89 bits per heavy atom. The molecule has 1 aromatic carbocycles. The molecule has 0 unspecified atom stereocenters. The van der Waals surface area contributed by atoms with Gasteiger partial charge in [-0.05, 0) is 77.3 Å². The van der Waals surface area contributed by atoms with Gasteiger partial charge in [0.25, 0.3) is 0 Å². The molecule has 3 rings (SSSR count). The number of benzene rings is 1. The van der Waals surface area contributed by atoms with Gasteiger partial charge in [-0.15, -0.1) is 0 Å². The van der Waals surface area contributed by atoms with Crippen molar-refractivity contribution in [3.8, 4) is 5.75 Å². The molecule has 1 fully saturated rings. The zero-order valence-corrected chi connectivity index (χ0v) is 18.1. The fourth-order valence-electron chi connectivity index (χ4n) is 4.56. The molecule has 0 bridgehead atoms. The number of carbonyl (C=O) groups is 1. The number of likely N-dealkylation sites (tertiary alicyclic amines) is 1. The Morgan fingerprint density at radius 3 is 2.46 bits per heavy atom. The van der Waals surface area contributed by atoms with Crippen LogP contribution in [0.5, 0.6) is 5.75 Å². The van der Waals surface area contributed by atoms with Crippen LogP contribution in [0.2, 0.25) is 0 Å². The summed E-state index contributed by atoms with van der Waals surface area (Å²) in [7, 11) is 1.68. The molecule has 0 spiro atoms. The summed E-state index contributed by atoms with van der Waals surface area (Å²) in [5.74, 6) is 1.19.